The van der Waals surface area contributed by atoms with Crippen molar-refractivity contribution in [2.45, 2.75) is 26.3 Å². The molecule has 1 aliphatic heterocycles. The van der Waals surface area contributed by atoms with E-state index in [9.17, 15) is 9.59 Å². The number of nitrogens with zero attached hydrogens (tertiary/aromatic N) is 2. The highest BCUT2D eigenvalue weighted by atomic mass is 16.2. The number of hydrogen-bond donors (Lipinski definition) is 2. The molecule has 138 valence electrons. The predicted octanol–water partition coefficient (Wildman–Crippen LogP) is -0.235. The number of piperazine rings is 1. The van der Waals surface area contributed by atoms with Crippen molar-refractivity contribution in [2.24, 2.45) is 0 Å². The van der Waals surface area contributed by atoms with Gasteiger partial charge in [-0.1, -0.05) is 18.2 Å². The summed E-state index contributed by atoms with van der Waals surface area (Å²) in [5.41, 5.74) is 0.962. The summed E-state index contributed by atoms with van der Waals surface area (Å²) in [5, 5.41) is 2.89. The molecule has 1 aromatic carbocycles. The van der Waals surface area contributed by atoms with Gasteiger partial charge in [0.1, 0.15) is 0 Å². The first-order valence-electron chi connectivity index (χ1n) is 8.93. The van der Waals surface area contributed by atoms with Crippen LogP contribution in [0.15, 0.2) is 30.3 Å². The van der Waals surface area contributed by atoms with Crippen LogP contribution in [0.2, 0.25) is 0 Å². The number of carbonyl (C=O) groups is 2. The minimum Gasteiger partial charge on any atom is -0.360 e. The average molecular weight is 347 g/mol. The summed E-state index contributed by atoms with van der Waals surface area (Å²) >= 11 is 0. The maximum absolute atomic E-state index is 12.4. The second kappa shape index (κ2) is 8.34. The highest BCUT2D eigenvalue weighted by molar-refractivity contribution is 5.85. The lowest BCUT2D eigenvalue weighted by Gasteiger charge is -2.34. The molecule has 0 bridgehead atoms. The summed E-state index contributed by atoms with van der Waals surface area (Å²) < 4.78 is 0. The third-order valence-electron chi connectivity index (χ3n) is 4.31. The summed E-state index contributed by atoms with van der Waals surface area (Å²) in [6, 6.07) is 10.4. The topological polar surface area (TPSA) is 57.1 Å². The number of para-hydroxylation sites is 1. The van der Waals surface area contributed by atoms with Crippen molar-refractivity contribution in [3.05, 3.63) is 30.3 Å². The summed E-state index contributed by atoms with van der Waals surface area (Å²) in [6.07, 6.45) is 0. The Bertz CT molecular complexity index is 575. The Balaban J connectivity index is 1.75. The average Bonchev–Trinajstić information content (AvgIpc) is 2.54. The number of anilines is 1. The molecule has 1 aliphatic rings. The smallest absolute Gasteiger partial charge is 0.277 e. The summed E-state index contributed by atoms with van der Waals surface area (Å²) in [7, 11) is 1.70. The van der Waals surface area contributed by atoms with Crippen LogP contribution >= 0.6 is 0 Å². The molecule has 2 amide bonds. The van der Waals surface area contributed by atoms with Gasteiger partial charge in [0.05, 0.1) is 32.7 Å². The van der Waals surface area contributed by atoms with Gasteiger partial charge in [-0.05, 0) is 32.9 Å². The van der Waals surface area contributed by atoms with Gasteiger partial charge in [-0.3, -0.25) is 9.59 Å². The van der Waals surface area contributed by atoms with Gasteiger partial charge in [-0.2, -0.15) is 0 Å². The van der Waals surface area contributed by atoms with Crippen molar-refractivity contribution < 1.29 is 14.5 Å². The lowest BCUT2D eigenvalue weighted by molar-refractivity contribution is -0.892. The van der Waals surface area contributed by atoms with Crippen molar-refractivity contribution in [1.29, 1.82) is 0 Å². The zero-order valence-corrected chi connectivity index (χ0v) is 15.8. The Hall–Kier alpha value is -2.08. The standard InChI is InChI=1S/C19H30N4O2/c1-19(2,3)20-17(24)14-21(4)18(25)15-22-10-12-23(13-11-22)16-8-6-5-7-9-16/h5-9H,10-15H2,1-4H3,(H,20,24)/p+1. The molecule has 0 aliphatic carbocycles. The Morgan fingerprint density at radius 2 is 1.76 bits per heavy atom. The third kappa shape index (κ3) is 6.38. The van der Waals surface area contributed by atoms with Crippen molar-refractivity contribution >= 4 is 17.5 Å². The predicted molar refractivity (Wildman–Crippen MR) is 99.8 cm³/mol. The number of nitrogens with one attached hydrogen (secondary N) is 2. The highest BCUT2D eigenvalue weighted by Crippen LogP contribution is 2.12. The number of benzene rings is 1. The molecule has 1 fully saturated rings. The van der Waals surface area contributed by atoms with Gasteiger partial charge in [0.2, 0.25) is 5.91 Å². The molecule has 1 aromatic rings. The highest BCUT2D eigenvalue weighted by Gasteiger charge is 2.25. The van der Waals surface area contributed by atoms with Crippen LogP contribution < -0.4 is 15.1 Å². The fourth-order valence-corrected chi connectivity index (χ4v) is 3.01. The molecule has 2 rings (SSSR count). The molecule has 25 heavy (non-hydrogen) atoms. The Kier molecular flexibility index (Phi) is 6.42. The molecule has 6 nitrogen and oxygen atoms in total. The quantitative estimate of drug-likeness (QED) is 0.773. The van der Waals surface area contributed by atoms with Crippen LogP contribution in [0.5, 0.6) is 0 Å². The van der Waals surface area contributed by atoms with Gasteiger partial charge < -0.3 is 20.0 Å². The lowest BCUT2D eigenvalue weighted by Crippen LogP contribution is -3.15. The van der Waals surface area contributed by atoms with E-state index >= 15 is 0 Å². The van der Waals surface area contributed by atoms with E-state index in [1.807, 2.05) is 26.8 Å². The molecule has 0 atom stereocenters. The second-order valence-corrected chi connectivity index (χ2v) is 7.80. The number of hydrogen-bond acceptors (Lipinski definition) is 3. The molecule has 2 N–H and O–H groups in total. The Morgan fingerprint density at radius 3 is 2.32 bits per heavy atom. The van der Waals surface area contributed by atoms with E-state index in [1.165, 1.54) is 15.5 Å². The molecular formula is C19H31N4O2+. The fraction of sp³-hybridized carbons (Fsp3) is 0.579. The van der Waals surface area contributed by atoms with Crippen molar-refractivity contribution in [3.63, 3.8) is 0 Å². The van der Waals surface area contributed by atoms with Gasteiger partial charge >= 0.3 is 0 Å². The molecule has 0 spiro atoms. The van der Waals surface area contributed by atoms with Crippen LogP contribution in [-0.4, -0.2) is 68.6 Å². The molecule has 0 aromatic heterocycles. The first-order chi connectivity index (χ1) is 11.7. The first-order valence-corrected chi connectivity index (χ1v) is 8.93. The van der Waals surface area contributed by atoms with E-state index in [1.54, 1.807) is 7.05 Å². The summed E-state index contributed by atoms with van der Waals surface area (Å²) in [5.74, 6) is -0.0977. The largest absolute Gasteiger partial charge is 0.360 e. The SMILES string of the molecule is CN(CC(=O)NC(C)(C)C)C(=O)C[NH+]1CCN(c2ccccc2)CC1. The summed E-state index contributed by atoms with van der Waals surface area (Å²) in [4.78, 5) is 29.5. The minimum atomic E-state index is -0.278. The van der Waals surface area contributed by atoms with Crippen LogP contribution in [-0.2, 0) is 9.59 Å². The molecule has 0 saturated carbocycles. The van der Waals surface area contributed by atoms with Crippen molar-refractivity contribution in [2.75, 3.05) is 51.2 Å². The zero-order chi connectivity index (χ0) is 18.4. The molecule has 0 radical (unpaired) electrons. The number of rotatable bonds is 5. The number of amides is 2. The van der Waals surface area contributed by atoms with E-state index in [2.05, 4.69) is 34.5 Å². The van der Waals surface area contributed by atoms with Gasteiger partial charge in [0, 0.05) is 18.3 Å². The van der Waals surface area contributed by atoms with Crippen molar-refractivity contribution in [3.8, 4) is 0 Å². The van der Waals surface area contributed by atoms with E-state index in [4.69, 9.17) is 0 Å². The Labute approximate surface area is 150 Å². The fourth-order valence-electron chi connectivity index (χ4n) is 3.01. The van der Waals surface area contributed by atoms with Gasteiger partial charge in [-0.15, -0.1) is 0 Å². The molecular weight excluding hydrogens is 316 g/mol. The minimum absolute atomic E-state index is 0.0206. The maximum atomic E-state index is 12.4. The molecule has 1 saturated heterocycles. The van der Waals surface area contributed by atoms with Gasteiger partial charge in [0.25, 0.3) is 5.91 Å². The van der Waals surface area contributed by atoms with Crippen LogP contribution in [0.4, 0.5) is 5.69 Å². The third-order valence-corrected chi connectivity index (χ3v) is 4.31. The number of likely N-dealkylation sites (N-methyl/N-ethyl adjacent to an activating group) is 1. The molecule has 0 unspecified atom stereocenters. The molecule has 6 heteroatoms. The van der Waals surface area contributed by atoms with Crippen LogP contribution in [0, 0.1) is 0 Å². The van der Waals surface area contributed by atoms with Crippen LogP contribution in [0.3, 0.4) is 0 Å². The maximum Gasteiger partial charge on any atom is 0.277 e. The number of carbonyl (C=O) groups excluding carboxylic acids is 2. The first kappa shape index (κ1) is 19.2. The van der Waals surface area contributed by atoms with Gasteiger partial charge in [-0.25, -0.2) is 0 Å². The zero-order valence-electron chi connectivity index (χ0n) is 15.8. The number of quaternary nitrogens is 1. The van der Waals surface area contributed by atoms with Gasteiger partial charge in [0.15, 0.2) is 6.54 Å². The van der Waals surface area contributed by atoms with Crippen LogP contribution in [0.25, 0.3) is 0 Å². The van der Waals surface area contributed by atoms with E-state index < -0.39 is 0 Å². The normalized spacial score (nSPS) is 15.8. The van der Waals surface area contributed by atoms with E-state index in [0.29, 0.717) is 6.54 Å². The monoisotopic (exact) mass is 347 g/mol. The Morgan fingerprint density at radius 1 is 1.16 bits per heavy atom. The van der Waals surface area contributed by atoms with E-state index in [-0.39, 0.29) is 23.9 Å². The summed E-state index contributed by atoms with van der Waals surface area (Å²) in [6.45, 7) is 10.1. The lowest BCUT2D eigenvalue weighted by atomic mass is 10.1. The second-order valence-electron chi connectivity index (χ2n) is 7.80. The van der Waals surface area contributed by atoms with Crippen molar-refractivity contribution in [1.82, 2.24) is 10.2 Å². The van der Waals surface area contributed by atoms with E-state index in [0.717, 1.165) is 26.2 Å². The van der Waals surface area contributed by atoms with Crippen LogP contribution in [0.1, 0.15) is 20.8 Å². The molecule has 1 heterocycles.